The number of nitrogens with zero attached hydrogens (tertiary/aromatic N) is 2. The fourth-order valence-electron chi connectivity index (χ4n) is 4.21. The van der Waals surface area contributed by atoms with Gasteiger partial charge in [-0.05, 0) is 54.2 Å². The Bertz CT molecular complexity index is 1070. The number of methoxy groups -OCH3 is 1. The van der Waals surface area contributed by atoms with E-state index in [9.17, 15) is 9.18 Å². The molecular formula is C24H26FN3O2. The van der Waals surface area contributed by atoms with Crippen molar-refractivity contribution in [2.24, 2.45) is 5.41 Å². The van der Waals surface area contributed by atoms with E-state index in [1.54, 1.807) is 24.1 Å². The summed E-state index contributed by atoms with van der Waals surface area (Å²) in [7, 11) is 1.61. The first kappa shape index (κ1) is 20.1. The summed E-state index contributed by atoms with van der Waals surface area (Å²) in [4.78, 5) is 12.8. The van der Waals surface area contributed by atoms with Crippen molar-refractivity contribution in [3.8, 4) is 11.4 Å². The second kappa shape index (κ2) is 7.94. The minimum Gasteiger partial charge on any atom is -0.497 e. The van der Waals surface area contributed by atoms with E-state index in [0.717, 1.165) is 35.4 Å². The Kier molecular flexibility index (Phi) is 5.33. The molecule has 1 aliphatic rings. The summed E-state index contributed by atoms with van der Waals surface area (Å²) >= 11 is 0. The Labute approximate surface area is 175 Å². The number of fused-ring (bicyclic) bond motifs is 1. The van der Waals surface area contributed by atoms with Crippen molar-refractivity contribution in [2.75, 3.05) is 7.11 Å². The third kappa shape index (κ3) is 4.22. The second-order valence-electron chi connectivity index (χ2n) is 8.63. The van der Waals surface area contributed by atoms with Crippen molar-refractivity contribution < 1.29 is 13.9 Å². The highest BCUT2D eigenvalue weighted by molar-refractivity contribution is 5.79. The standard InChI is InChI=1S/C24H26FN3O2/c1-24(2)13-21(27-23(29)11-16-6-4-9-19(10-16)30-3)20-15-26-28(22(20)14-24)18-8-5-7-17(25)12-18/h4-10,12,15,21H,11,13-14H2,1-3H3,(H,27,29). The smallest absolute Gasteiger partial charge is 0.224 e. The highest BCUT2D eigenvalue weighted by Gasteiger charge is 2.36. The molecule has 0 aliphatic heterocycles. The van der Waals surface area contributed by atoms with Crippen LogP contribution in [0.25, 0.3) is 5.69 Å². The van der Waals surface area contributed by atoms with Crippen LogP contribution >= 0.6 is 0 Å². The minimum atomic E-state index is -0.296. The van der Waals surface area contributed by atoms with Gasteiger partial charge in [0.2, 0.25) is 5.91 Å². The number of hydrogen-bond donors (Lipinski definition) is 1. The summed E-state index contributed by atoms with van der Waals surface area (Å²) in [6.45, 7) is 4.36. The molecule has 0 spiro atoms. The number of aromatic nitrogens is 2. The maximum Gasteiger partial charge on any atom is 0.224 e. The minimum absolute atomic E-state index is 0.0218. The SMILES string of the molecule is COc1cccc(CC(=O)NC2CC(C)(C)Cc3c2cnn3-c2cccc(F)c2)c1. The highest BCUT2D eigenvalue weighted by atomic mass is 19.1. The van der Waals surface area contributed by atoms with Gasteiger partial charge < -0.3 is 10.1 Å². The zero-order chi connectivity index (χ0) is 21.3. The number of carbonyl (C=O) groups is 1. The molecule has 1 unspecified atom stereocenters. The number of carbonyl (C=O) groups excluding carboxylic acids is 1. The Balaban J connectivity index is 1.58. The van der Waals surface area contributed by atoms with E-state index < -0.39 is 0 Å². The van der Waals surface area contributed by atoms with Crippen molar-refractivity contribution in [3.63, 3.8) is 0 Å². The Morgan fingerprint density at radius 1 is 1.27 bits per heavy atom. The maximum absolute atomic E-state index is 13.7. The predicted molar refractivity (Wildman–Crippen MR) is 113 cm³/mol. The van der Waals surface area contributed by atoms with E-state index in [2.05, 4.69) is 24.3 Å². The van der Waals surface area contributed by atoms with Crippen LogP contribution in [0, 0.1) is 11.2 Å². The number of benzene rings is 2. The van der Waals surface area contributed by atoms with E-state index in [4.69, 9.17) is 4.74 Å². The Morgan fingerprint density at radius 3 is 2.83 bits per heavy atom. The molecule has 0 bridgehead atoms. The molecule has 1 N–H and O–H groups in total. The summed E-state index contributed by atoms with van der Waals surface area (Å²) in [6.07, 6.45) is 3.70. The molecular weight excluding hydrogens is 381 g/mol. The van der Waals surface area contributed by atoms with Gasteiger partial charge in [-0.25, -0.2) is 9.07 Å². The van der Waals surface area contributed by atoms with E-state index in [1.165, 1.54) is 12.1 Å². The van der Waals surface area contributed by atoms with Crippen LogP contribution in [0.2, 0.25) is 0 Å². The Hall–Kier alpha value is -3.15. The topological polar surface area (TPSA) is 56.1 Å². The normalized spacial score (nSPS) is 17.3. The molecule has 156 valence electrons. The number of ether oxygens (including phenoxy) is 1. The second-order valence-corrected chi connectivity index (χ2v) is 8.63. The third-order valence-electron chi connectivity index (χ3n) is 5.57. The summed E-state index contributed by atoms with van der Waals surface area (Å²) in [6, 6.07) is 13.8. The van der Waals surface area contributed by atoms with Crippen LogP contribution in [0.4, 0.5) is 4.39 Å². The number of rotatable bonds is 5. The van der Waals surface area contributed by atoms with E-state index in [1.807, 2.05) is 30.3 Å². The average Bonchev–Trinajstić information content (AvgIpc) is 3.10. The molecule has 0 saturated carbocycles. The summed E-state index contributed by atoms with van der Waals surface area (Å²) in [5.41, 5.74) is 3.58. The molecule has 0 fully saturated rings. The molecule has 0 radical (unpaired) electrons. The van der Waals surface area contributed by atoms with Gasteiger partial charge in [0.05, 0.1) is 37.2 Å². The van der Waals surface area contributed by atoms with E-state index in [-0.39, 0.29) is 29.6 Å². The lowest BCUT2D eigenvalue weighted by molar-refractivity contribution is -0.121. The van der Waals surface area contributed by atoms with Crippen LogP contribution in [-0.2, 0) is 17.6 Å². The highest BCUT2D eigenvalue weighted by Crippen LogP contribution is 2.41. The molecule has 0 saturated heterocycles. The van der Waals surface area contributed by atoms with Crippen LogP contribution in [-0.4, -0.2) is 22.8 Å². The fourth-order valence-corrected chi connectivity index (χ4v) is 4.21. The zero-order valence-electron chi connectivity index (χ0n) is 17.5. The first-order valence-electron chi connectivity index (χ1n) is 10.1. The van der Waals surface area contributed by atoms with Gasteiger partial charge in [-0.15, -0.1) is 0 Å². The summed E-state index contributed by atoms with van der Waals surface area (Å²) in [5, 5.41) is 7.71. The van der Waals surface area contributed by atoms with Gasteiger partial charge in [0.15, 0.2) is 0 Å². The number of amides is 1. The average molecular weight is 407 g/mol. The summed E-state index contributed by atoms with van der Waals surface area (Å²) in [5.74, 6) is 0.392. The van der Waals surface area contributed by atoms with Gasteiger partial charge in [-0.1, -0.05) is 32.0 Å². The molecule has 5 nitrogen and oxygen atoms in total. The molecule has 1 aliphatic carbocycles. The molecule has 1 aromatic heterocycles. The van der Waals surface area contributed by atoms with Gasteiger partial charge in [-0.2, -0.15) is 5.10 Å². The zero-order valence-corrected chi connectivity index (χ0v) is 17.5. The van der Waals surface area contributed by atoms with Gasteiger partial charge in [0.25, 0.3) is 0 Å². The van der Waals surface area contributed by atoms with E-state index in [0.29, 0.717) is 5.69 Å². The van der Waals surface area contributed by atoms with E-state index >= 15 is 0 Å². The molecule has 3 aromatic rings. The third-order valence-corrected chi connectivity index (χ3v) is 5.57. The quantitative estimate of drug-likeness (QED) is 0.682. The lowest BCUT2D eigenvalue weighted by Crippen LogP contribution is -2.37. The monoisotopic (exact) mass is 407 g/mol. The molecule has 1 heterocycles. The Morgan fingerprint density at radius 2 is 2.07 bits per heavy atom. The molecule has 4 rings (SSSR count). The van der Waals surface area contributed by atoms with Crippen LogP contribution < -0.4 is 10.1 Å². The maximum atomic E-state index is 13.7. The number of nitrogens with one attached hydrogen (secondary N) is 1. The fraction of sp³-hybridized carbons (Fsp3) is 0.333. The van der Waals surface area contributed by atoms with Crippen molar-refractivity contribution in [1.82, 2.24) is 15.1 Å². The van der Waals surface area contributed by atoms with Crippen molar-refractivity contribution in [1.29, 1.82) is 0 Å². The largest absolute Gasteiger partial charge is 0.497 e. The molecule has 1 atom stereocenters. The molecule has 1 amide bonds. The van der Waals surface area contributed by atoms with Crippen molar-refractivity contribution >= 4 is 5.91 Å². The van der Waals surface area contributed by atoms with Crippen LogP contribution in [0.15, 0.2) is 54.7 Å². The first-order chi connectivity index (χ1) is 14.3. The first-order valence-corrected chi connectivity index (χ1v) is 10.1. The number of hydrogen-bond acceptors (Lipinski definition) is 3. The van der Waals surface area contributed by atoms with Crippen LogP contribution in [0.1, 0.15) is 43.1 Å². The molecule has 6 heteroatoms. The lowest BCUT2D eigenvalue weighted by atomic mass is 9.74. The molecule has 30 heavy (non-hydrogen) atoms. The lowest BCUT2D eigenvalue weighted by Gasteiger charge is -2.36. The van der Waals surface area contributed by atoms with Crippen LogP contribution in [0.3, 0.4) is 0 Å². The number of halogens is 1. The van der Waals surface area contributed by atoms with Gasteiger partial charge in [0.1, 0.15) is 11.6 Å². The molecule has 2 aromatic carbocycles. The van der Waals surface area contributed by atoms with Crippen molar-refractivity contribution in [3.05, 3.63) is 77.4 Å². The van der Waals surface area contributed by atoms with Gasteiger partial charge >= 0.3 is 0 Å². The summed E-state index contributed by atoms with van der Waals surface area (Å²) < 4.78 is 20.8. The predicted octanol–water partition coefficient (Wildman–Crippen LogP) is 4.39. The van der Waals surface area contributed by atoms with Gasteiger partial charge in [-0.3, -0.25) is 4.79 Å². The van der Waals surface area contributed by atoms with Crippen molar-refractivity contribution in [2.45, 2.75) is 39.2 Å². The van der Waals surface area contributed by atoms with Crippen LogP contribution in [0.5, 0.6) is 5.75 Å². The van der Waals surface area contributed by atoms with Gasteiger partial charge in [0, 0.05) is 5.56 Å².